The Morgan fingerprint density at radius 3 is 3.14 bits per heavy atom. The highest BCUT2D eigenvalue weighted by molar-refractivity contribution is 14.1. The van der Waals surface area contributed by atoms with Crippen molar-refractivity contribution >= 4 is 57.9 Å². The Morgan fingerprint density at radius 1 is 1.64 bits per heavy atom. The maximum Gasteiger partial charge on any atom is 0.224 e. The van der Waals surface area contributed by atoms with Crippen LogP contribution in [-0.4, -0.2) is 13.9 Å². The molecular weight excluding hydrogens is 337 g/mol. The van der Waals surface area contributed by atoms with Crippen molar-refractivity contribution in [3.8, 4) is 0 Å². The van der Waals surface area contributed by atoms with Gasteiger partial charge in [-0.2, -0.15) is 4.98 Å². The molecule has 0 unspecified atom stereocenters. The second-order valence-corrected chi connectivity index (χ2v) is 4.74. The Balaban J connectivity index is 2.66. The van der Waals surface area contributed by atoms with Gasteiger partial charge in [-0.1, -0.05) is 0 Å². The Hall–Kier alpha value is -0.0500. The summed E-state index contributed by atoms with van der Waals surface area (Å²) in [7, 11) is 0. The summed E-state index contributed by atoms with van der Waals surface area (Å²) in [6, 6.07) is 0. The second kappa shape index (κ2) is 4.21. The standard InChI is InChI=1S/C7H5ClIN3OS/c1-4-3-12(14-13-9)6-5(4)2-10-7(8)11-6/h2-3H,1H3. The van der Waals surface area contributed by atoms with Crippen molar-refractivity contribution in [2.24, 2.45) is 0 Å². The van der Waals surface area contributed by atoms with Crippen LogP contribution in [0, 0.1) is 6.92 Å². The lowest BCUT2D eigenvalue weighted by Crippen LogP contribution is -1.88. The van der Waals surface area contributed by atoms with E-state index in [4.69, 9.17) is 14.1 Å². The SMILES string of the molecule is Cc1cn(SOI)c2nc(Cl)ncc12. The van der Waals surface area contributed by atoms with Crippen molar-refractivity contribution in [2.75, 3.05) is 0 Å². The molecular formula is C7H5ClIN3OS. The molecule has 14 heavy (non-hydrogen) atoms. The monoisotopic (exact) mass is 341 g/mol. The molecule has 2 aromatic rings. The molecule has 0 saturated heterocycles. The fraction of sp³-hybridized carbons (Fsp3) is 0.143. The lowest BCUT2D eigenvalue weighted by molar-refractivity contribution is 0.830. The van der Waals surface area contributed by atoms with E-state index in [2.05, 4.69) is 9.97 Å². The van der Waals surface area contributed by atoms with Gasteiger partial charge in [-0.3, -0.25) is 3.97 Å². The van der Waals surface area contributed by atoms with E-state index in [1.165, 1.54) is 12.2 Å². The number of fused-ring (bicyclic) bond motifs is 1. The van der Waals surface area contributed by atoms with E-state index in [1.807, 2.05) is 40.1 Å². The van der Waals surface area contributed by atoms with Crippen LogP contribution in [0.5, 0.6) is 0 Å². The number of nitrogens with zero attached hydrogens (tertiary/aromatic N) is 3. The van der Waals surface area contributed by atoms with Crippen LogP contribution in [0.15, 0.2) is 12.4 Å². The van der Waals surface area contributed by atoms with Gasteiger partial charge in [-0.15, -0.1) is 0 Å². The van der Waals surface area contributed by atoms with Crippen LogP contribution < -0.4 is 0 Å². The third-order valence-electron chi connectivity index (χ3n) is 1.79. The Bertz CT molecular complexity index is 475. The van der Waals surface area contributed by atoms with Crippen LogP contribution in [0.25, 0.3) is 11.0 Å². The minimum atomic E-state index is 0.242. The van der Waals surface area contributed by atoms with Gasteiger partial charge < -0.3 is 0 Å². The summed E-state index contributed by atoms with van der Waals surface area (Å²) in [6.45, 7) is 1.99. The predicted molar refractivity (Wildman–Crippen MR) is 65.4 cm³/mol. The van der Waals surface area contributed by atoms with Crippen molar-refractivity contribution in [2.45, 2.75) is 6.92 Å². The molecule has 2 aromatic heterocycles. The maximum absolute atomic E-state index is 5.71. The summed E-state index contributed by atoms with van der Waals surface area (Å²) in [5.74, 6) is 0. The molecule has 0 aliphatic carbocycles. The third-order valence-corrected chi connectivity index (χ3v) is 2.95. The molecule has 0 aromatic carbocycles. The minimum Gasteiger partial charge on any atom is -0.250 e. The van der Waals surface area contributed by atoms with Gasteiger partial charge >= 0.3 is 0 Å². The van der Waals surface area contributed by atoms with Gasteiger partial charge in [-0.05, 0) is 24.1 Å². The average Bonchev–Trinajstić information content (AvgIpc) is 2.44. The predicted octanol–water partition coefficient (Wildman–Crippen LogP) is 3.17. The fourth-order valence-electron chi connectivity index (χ4n) is 1.19. The average molecular weight is 342 g/mol. The van der Waals surface area contributed by atoms with Crippen molar-refractivity contribution in [1.29, 1.82) is 0 Å². The van der Waals surface area contributed by atoms with E-state index < -0.39 is 0 Å². The summed E-state index contributed by atoms with van der Waals surface area (Å²) in [5, 5.41) is 1.22. The van der Waals surface area contributed by atoms with Crippen LogP contribution in [0.2, 0.25) is 5.28 Å². The third kappa shape index (κ3) is 1.83. The largest absolute Gasteiger partial charge is 0.250 e. The Morgan fingerprint density at radius 2 is 2.43 bits per heavy atom. The number of halogens is 2. The van der Waals surface area contributed by atoms with Crippen LogP contribution in [0.1, 0.15) is 5.56 Å². The molecule has 0 saturated carbocycles. The van der Waals surface area contributed by atoms with Crippen LogP contribution in [-0.2, 0) is 2.51 Å². The second-order valence-electron chi connectivity index (χ2n) is 2.65. The minimum absolute atomic E-state index is 0.242. The number of aryl methyl sites for hydroxylation is 1. The molecule has 2 rings (SSSR count). The summed E-state index contributed by atoms with van der Waals surface area (Å²) in [4.78, 5) is 8.06. The number of hydrogen-bond acceptors (Lipinski definition) is 4. The Kier molecular flexibility index (Phi) is 3.15. The van der Waals surface area contributed by atoms with E-state index in [0.29, 0.717) is 0 Å². The molecule has 7 heteroatoms. The van der Waals surface area contributed by atoms with Gasteiger partial charge in [0.15, 0.2) is 5.65 Å². The maximum atomic E-state index is 5.71. The first-order chi connectivity index (χ1) is 6.72. The Labute approximate surface area is 104 Å². The molecule has 0 spiro atoms. The van der Waals surface area contributed by atoms with Gasteiger partial charge in [0.05, 0.1) is 0 Å². The molecule has 2 heterocycles. The van der Waals surface area contributed by atoms with E-state index in [1.54, 1.807) is 6.20 Å². The smallest absolute Gasteiger partial charge is 0.224 e. The summed E-state index contributed by atoms with van der Waals surface area (Å²) < 4.78 is 6.75. The molecule has 4 nitrogen and oxygen atoms in total. The normalized spacial score (nSPS) is 11.1. The highest BCUT2D eigenvalue weighted by Gasteiger charge is 2.08. The van der Waals surface area contributed by atoms with Crippen LogP contribution >= 0.6 is 46.8 Å². The number of rotatable bonds is 2. The molecule has 0 aliphatic heterocycles. The molecule has 74 valence electrons. The number of hydrogen-bond donors (Lipinski definition) is 0. The van der Waals surface area contributed by atoms with Gasteiger partial charge in [-0.25, -0.2) is 7.50 Å². The first-order valence-corrected chi connectivity index (χ1v) is 5.64. The number of aromatic nitrogens is 3. The van der Waals surface area contributed by atoms with Gasteiger partial charge in [0, 0.05) is 17.8 Å². The molecule has 0 amide bonds. The summed E-state index contributed by atoms with van der Waals surface area (Å²) >= 11 is 8.71. The van der Waals surface area contributed by atoms with Crippen molar-refractivity contribution < 1.29 is 2.51 Å². The first kappa shape index (κ1) is 10.5. The topological polar surface area (TPSA) is 39.9 Å². The van der Waals surface area contributed by atoms with E-state index in [9.17, 15) is 0 Å². The van der Waals surface area contributed by atoms with E-state index in [0.717, 1.165) is 16.6 Å². The quantitative estimate of drug-likeness (QED) is 0.478. The van der Waals surface area contributed by atoms with Crippen LogP contribution in [0.3, 0.4) is 0 Å². The van der Waals surface area contributed by atoms with Crippen LogP contribution in [0.4, 0.5) is 0 Å². The first-order valence-electron chi connectivity index (χ1n) is 3.68. The van der Waals surface area contributed by atoms with Crippen molar-refractivity contribution in [3.63, 3.8) is 0 Å². The zero-order valence-corrected chi connectivity index (χ0v) is 10.8. The van der Waals surface area contributed by atoms with Crippen molar-refractivity contribution in [3.05, 3.63) is 23.2 Å². The van der Waals surface area contributed by atoms with E-state index >= 15 is 0 Å². The molecule has 0 atom stereocenters. The molecule has 0 N–H and O–H groups in total. The van der Waals surface area contributed by atoms with Gasteiger partial charge in [0.2, 0.25) is 5.28 Å². The molecule has 0 radical (unpaired) electrons. The zero-order chi connectivity index (χ0) is 10.1. The molecule has 0 bridgehead atoms. The van der Waals surface area contributed by atoms with Gasteiger partial charge in [0.25, 0.3) is 0 Å². The lowest BCUT2D eigenvalue weighted by atomic mass is 10.3. The van der Waals surface area contributed by atoms with Gasteiger partial charge in [0.1, 0.15) is 35.2 Å². The zero-order valence-electron chi connectivity index (χ0n) is 7.07. The van der Waals surface area contributed by atoms with E-state index in [-0.39, 0.29) is 5.28 Å². The highest BCUT2D eigenvalue weighted by atomic mass is 127. The van der Waals surface area contributed by atoms with Crippen molar-refractivity contribution in [1.82, 2.24) is 13.9 Å². The molecule has 0 fully saturated rings. The lowest BCUT2D eigenvalue weighted by Gasteiger charge is -1.97. The summed E-state index contributed by atoms with van der Waals surface area (Å²) in [5.41, 5.74) is 1.86. The highest BCUT2D eigenvalue weighted by Crippen LogP contribution is 2.24. The molecule has 0 aliphatic rings. The summed E-state index contributed by atoms with van der Waals surface area (Å²) in [6.07, 6.45) is 3.64. The fourth-order valence-corrected chi connectivity index (χ4v) is 2.31.